The van der Waals surface area contributed by atoms with Crippen LogP contribution in [-0.2, 0) is 14.8 Å². The Morgan fingerprint density at radius 3 is 2.10 bits per heavy atom. The summed E-state index contributed by atoms with van der Waals surface area (Å²) >= 11 is 0. The van der Waals surface area contributed by atoms with Crippen LogP contribution in [-0.4, -0.2) is 48.9 Å². The smallest absolute Gasteiger partial charge is 0.328 e. The van der Waals surface area contributed by atoms with Crippen molar-refractivity contribution in [2.45, 2.75) is 19.1 Å². The van der Waals surface area contributed by atoms with Crippen molar-refractivity contribution < 1.29 is 28.2 Å². The standard InChI is InChI=1S/C12H16N2O6S/c1-7(15)10(12(17)18)13-11(16)8-3-5-9(6-4-8)14-21(2,19)20/h3-7,10,14-15H,1-2H3,(H,13,16)(H,17,18). The predicted octanol–water partition coefficient (Wildman–Crippen LogP) is -0.378. The van der Waals surface area contributed by atoms with Crippen LogP contribution < -0.4 is 10.0 Å². The molecule has 9 heteroatoms. The molecule has 0 spiro atoms. The number of carboxylic acids is 1. The average molecular weight is 316 g/mol. The van der Waals surface area contributed by atoms with Gasteiger partial charge in [0.25, 0.3) is 5.91 Å². The van der Waals surface area contributed by atoms with E-state index in [-0.39, 0.29) is 11.3 Å². The molecule has 0 heterocycles. The fourth-order valence-electron chi connectivity index (χ4n) is 1.52. The number of sulfonamides is 1. The number of benzene rings is 1. The van der Waals surface area contributed by atoms with Crippen LogP contribution in [0.15, 0.2) is 24.3 Å². The number of hydrogen-bond donors (Lipinski definition) is 4. The van der Waals surface area contributed by atoms with E-state index in [4.69, 9.17) is 5.11 Å². The van der Waals surface area contributed by atoms with Crippen LogP contribution in [0.5, 0.6) is 0 Å². The molecule has 1 aromatic carbocycles. The largest absolute Gasteiger partial charge is 0.480 e. The molecule has 1 aromatic rings. The summed E-state index contributed by atoms with van der Waals surface area (Å²) in [6.07, 6.45) is -0.258. The highest BCUT2D eigenvalue weighted by Crippen LogP contribution is 2.11. The van der Waals surface area contributed by atoms with E-state index in [0.29, 0.717) is 0 Å². The first-order chi connectivity index (χ1) is 9.60. The number of aliphatic hydroxyl groups excluding tert-OH is 1. The molecule has 21 heavy (non-hydrogen) atoms. The number of amides is 1. The molecule has 116 valence electrons. The van der Waals surface area contributed by atoms with Crippen molar-refractivity contribution in [2.24, 2.45) is 0 Å². The summed E-state index contributed by atoms with van der Waals surface area (Å²) in [6.45, 7) is 1.25. The molecule has 0 radical (unpaired) electrons. The summed E-state index contributed by atoms with van der Waals surface area (Å²) in [5, 5.41) is 20.3. The van der Waals surface area contributed by atoms with Gasteiger partial charge >= 0.3 is 5.97 Å². The highest BCUT2D eigenvalue weighted by Gasteiger charge is 2.25. The number of carboxylic acid groups (broad SMARTS) is 1. The second kappa shape index (κ2) is 6.55. The quantitative estimate of drug-likeness (QED) is 0.565. The van der Waals surface area contributed by atoms with Gasteiger partial charge in [0.1, 0.15) is 0 Å². The third-order valence-electron chi connectivity index (χ3n) is 2.49. The van der Waals surface area contributed by atoms with E-state index in [9.17, 15) is 23.1 Å². The van der Waals surface area contributed by atoms with Gasteiger partial charge in [-0.1, -0.05) is 0 Å². The molecule has 0 aliphatic rings. The van der Waals surface area contributed by atoms with Gasteiger partial charge in [0, 0.05) is 11.3 Å². The predicted molar refractivity (Wildman–Crippen MR) is 75.5 cm³/mol. The van der Waals surface area contributed by atoms with E-state index in [2.05, 4.69) is 10.0 Å². The first-order valence-electron chi connectivity index (χ1n) is 5.90. The SMILES string of the molecule is CC(O)C(NC(=O)c1ccc(NS(C)(=O)=O)cc1)C(=O)O. The van der Waals surface area contributed by atoms with Gasteiger partial charge in [-0.25, -0.2) is 13.2 Å². The van der Waals surface area contributed by atoms with E-state index in [1.54, 1.807) is 0 Å². The Bertz CT molecular complexity index is 624. The molecule has 0 aromatic heterocycles. The van der Waals surface area contributed by atoms with E-state index < -0.39 is 34.0 Å². The van der Waals surface area contributed by atoms with Crippen LogP contribution in [0.1, 0.15) is 17.3 Å². The Morgan fingerprint density at radius 1 is 1.19 bits per heavy atom. The van der Waals surface area contributed by atoms with Crippen LogP contribution in [0.4, 0.5) is 5.69 Å². The molecule has 8 nitrogen and oxygen atoms in total. The van der Waals surface area contributed by atoms with Gasteiger partial charge in [0.05, 0.1) is 12.4 Å². The van der Waals surface area contributed by atoms with Gasteiger partial charge in [-0.15, -0.1) is 0 Å². The molecule has 2 atom stereocenters. The third kappa shape index (κ3) is 5.40. The van der Waals surface area contributed by atoms with Crippen molar-refractivity contribution in [3.05, 3.63) is 29.8 Å². The summed E-state index contributed by atoms with van der Waals surface area (Å²) in [6, 6.07) is 3.99. The Balaban J connectivity index is 2.82. The topological polar surface area (TPSA) is 133 Å². The molecule has 1 rings (SSSR count). The lowest BCUT2D eigenvalue weighted by atomic mass is 10.1. The van der Waals surface area contributed by atoms with Crippen LogP contribution in [0, 0.1) is 0 Å². The van der Waals surface area contributed by atoms with Crippen LogP contribution in [0.25, 0.3) is 0 Å². The summed E-state index contributed by atoms with van der Waals surface area (Å²) in [5.74, 6) is -2.04. The lowest BCUT2D eigenvalue weighted by Crippen LogP contribution is -2.47. The molecule has 0 saturated carbocycles. The van der Waals surface area contributed by atoms with Gasteiger partial charge in [0.2, 0.25) is 10.0 Å². The number of rotatable bonds is 6. The van der Waals surface area contributed by atoms with Gasteiger partial charge in [-0.2, -0.15) is 0 Å². The molecule has 4 N–H and O–H groups in total. The average Bonchev–Trinajstić information content (AvgIpc) is 2.33. The Morgan fingerprint density at radius 2 is 1.71 bits per heavy atom. The second-order valence-electron chi connectivity index (χ2n) is 4.48. The maximum absolute atomic E-state index is 11.8. The molecule has 0 aliphatic heterocycles. The van der Waals surface area contributed by atoms with Crippen molar-refractivity contribution in [1.82, 2.24) is 5.32 Å². The van der Waals surface area contributed by atoms with Crippen LogP contribution >= 0.6 is 0 Å². The van der Waals surface area contributed by atoms with Crippen molar-refractivity contribution in [1.29, 1.82) is 0 Å². The number of hydrogen-bond acceptors (Lipinski definition) is 5. The number of nitrogens with one attached hydrogen (secondary N) is 2. The Hall–Kier alpha value is -2.13. The molecule has 0 bridgehead atoms. The Labute approximate surface area is 121 Å². The fourth-order valence-corrected chi connectivity index (χ4v) is 2.08. The number of carbonyl (C=O) groups is 2. The minimum atomic E-state index is -3.41. The highest BCUT2D eigenvalue weighted by molar-refractivity contribution is 7.92. The van der Waals surface area contributed by atoms with Gasteiger partial charge in [-0.05, 0) is 31.2 Å². The summed E-state index contributed by atoms with van der Waals surface area (Å²) in [7, 11) is -3.41. The fraction of sp³-hybridized carbons (Fsp3) is 0.333. The number of carbonyl (C=O) groups excluding carboxylic acids is 1. The Kier molecular flexibility index (Phi) is 5.28. The van der Waals surface area contributed by atoms with Gasteiger partial charge in [-0.3, -0.25) is 9.52 Å². The second-order valence-corrected chi connectivity index (χ2v) is 6.23. The molecule has 0 fully saturated rings. The highest BCUT2D eigenvalue weighted by atomic mass is 32.2. The molecule has 2 unspecified atom stereocenters. The summed E-state index contributed by atoms with van der Waals surface area (Å²) in [4.78, 5) is 22.7. The van der Waals surface area contributed by atoms with Crippen molar-refractivity contribution >= 4 is 27.6 Å². The molecular formula is C12H16N2O6S. The zero-order chi connectivity index (χ0) is 16.2. The van der Waals surface area contributed by atoms with Crippen molar-refractivity contribution in [3.63, 3.8) is 0 Å². The molecule has 0 saturated heterocycles. The van der Waals surface area contributed by atoms with Crippen LogP contribution in [0.2, 0.25) is 0 Å². The van der Waals surface area contributed by atoms with E-state index in [1.165, 1.54) is 31.2 Å². The molecule has 0 aliphatic carbocycles. The maximum atomic E-state index is 11.8. The lowest BCUT2D eigenvalue weighted by Gasteiger charge is -2.17. The first kappa shape index (κ1) is 16.9. The van der Waals surface area contributed by atoms with E-state index in [1.807, 2.05) is 0 Å². The van der Waals surface area contributed by atoms with Gasteiger partial charge < -0.3 is 15.5 Å². The first-order valence-corrected chi connectivity index (χ1v) is 7.79. The monoisotopic (exact) mass is 316 g/mol. The van der Waals surface area contributed by atoms with Crippen molar-refractivity contribution in [3.8, 4) is 0 Å². The van der Waals surface area contributed by atoms with Gasteiger partial charge in [0.15, 0.2) is 6.04 Å². The lowest BCUT2D eigenvalue weighted by molar-refractivity contribution is -0.141. The van der Waals surface area contributed by atoms with E-state index >= 15 is 0 Å². The van der Waals surface area contributed by atoms with Crippen LogP contribution in [0.3, 0.4) is 0 Å². The summed E-state index contributed by atoms with van der Waals surface area (Å²) in [5.41, 5.74) is 0.417. The minimum Gasteiger partial charge on any atom is -0.480 e. The van der Waals surface area contributed by atoms with E-state index in [0.717, 1.165) is 6.26 Å². The minimum absolute atomic E-state index is 0.140. The third-order valence-corrected chi connectivity index (χ3v) is 3.09. The maximum Gasteiger partial charge on any atom is 0.328 e. The summed E-state index contributed by atoms with van der Waals surface area (Å²) < 4.78 is 24.3. The zero-order valence-corrected chi connectivity index (χ0v) is 12.2. The molecular weight excluding hydrogens is 300 g/mol. The number of aliphatic carboxylic acids is 1. The number of aliphatic hydroxyl groups is 1. The molecule has 1 amide bonds. The number of anilines is 1. The van der Waals surface area contributed by atoms with Crippen molar-refractivity contribution in [2.75, 3.05) is 11.0 Å². The normalized spacial score (nSPS) is 14.0. The zero-order valence-electron chi connectivity index (χ0n) is 11.4.